The predicted molar refractivity (Wildman–Crippen MR) is 131 cm³/mol. The summed E-state index contributed by atoms with van der Waals surface area (Å²) in [6, 6.07) is 14.9. The summed E-state index contributed by atoms with van der Waals surface area (Å²) in [7, 11) is 0. The van der Waals surface area contributed by atoms with E-state index in [0.29, 0.717) is 39.7 Å². The summed E-state index contributed by atoms with van der Waals surface area (Å²) < 4.78 is 1.77. The average Bonchev–Trinajstić information content (AvgIpc) is 3.03. The lowest BCUT2D eigenvalue weighted by Gasteiger charge is -2.14. The van der Waals surface area contributed by atoms with Gasteiger partial charge in [0.1, 0.15) is 16.9 Å². The fraction of sp³-hybridized carbons (Fsp3) is 0.320. The zero-order valence-corrected chi connectivity index (χ0v) is 18.8. The third-order valence-corrected chi connectivity index (χ3v) is 5.67. The Balaban J connectivity index is 1.79. The van der Waals surface area contributed by atoms with Crippen LogP contribution in [0.25, 0.3) is 27.9 Å². The van der Waals surface area contributed by atoms with Crippen LogP contribution < -0.4 is 16.8 Å². The Labute approximate surface area is 187 Å². The largest absolute Gasteiger partial charge is 0.399 e. The van der Waals surface area contributed by atoms with Crippen molar-refractivity contribution < 1.29 is 4.79 Å². The molecule has 166 valence electrons. The molecule has 7 nitrogen and oxygen atoms in total. The van der Waals surface area contributed by atoms with Crippen LogP contribution in [0.2, 0.25) is 0 Å². The third-order valence-electron chi connectivity index (χ3n) is 5.67. The fourth-order valence-electron chi connectivity index (χ4n) is 3.97. The molecule has 5 N–H and O–H groups in total. The van der Waals surface area contributed by atoms with Crippen LogP contribution in [0.3, 0.4) is 0 Å². The van der Waals surface area contributed by atoms with Gasteiger partial charge in [-0.25, -0.2) is 9.97 Å². The van der Waals surface area contributed by atoms with Gasteiger partial charge >= 0.3 is 0 Å². The van der Waals surface area contributed by atoms with E-state index in [2.05, 4.69) is 19.2 Å². The molecule has 32 heavy (non-hydrogen) atoms. The van der Waals surface area contributed by atoms with E-state index < -0.39 is 0 Å². The monoisotopic (exact) mass is 430 g/mol. The zero-order chi connectivity index (χ0) is 22.8. The highest BCUT2D eigenvalue weighted by Crippen LogP contribution is 2.31. The molecule has 0 radical (unpaired) electrons. The van der Waals surface area contributed by atoms with Crippen molar-refractivity contribution in [1.29, 1.82) is 0 Å². The van der Waals surface area contributed by atoms with Gasteiger partial charge in [-0.3, -0.25) is 9.36 Å². The maximum Gasteiger partial charge on any atom is 0.257 e. The van der Waals surface area contributed by atoms with Crippen LogP contribution in [0.1, 0.15) is 50.4 Å². The predicted octanol–water partition coefficient (Wildman–Crippen LogP) is 4.68. The molecule has 0 spiro atoms. The van der Waals surface area contributed by atoms with E-state index in [9.17, 15) is 4.79 Å². The topological polar surface area (TPSA) is 112 Å². The Morgan fingerprint density at radius 2 is 1.62 bits per heavy atom. The zero-order valence-electron chi connectivity index (χ0n) is 18.8. The van der Waals surface area contributed by atoms with Crippen LogP contribution in [0.15, 0.2) is 48.5 Å². The molecule has 7 heteroatoms. The summed E-state index contributed by atoms with van der Waals surface area (Å²) in [4.78, 5) is 22.9. The first-order valence-electron chi connectivity index (χ1n) is 11.1. The number of nitrogens with two attached hydrogens (primary N) is 2. The van der Waals surface area contributed by atoms with Crippen molar-refractivity contribution in [1.82, 2.24) is 19.9 Å². The van der Waals surface area contributed by atoms with Crippen molar-refractivity contribution in [2.45, 2.75) is 46.1 Å². The number of nitrogens with zero attached hydrogens (tertiary/aromatic N) is 3. The molecule has 4 rings (SSSR count). The molecule has 1 atom stereocenters. The highest BCUT2D eigenvalue weighted by molar-refractivity contribution is 6.11. The minimum atomic E-state index is -0.233. The number of carbonyl (C=O) groups excluding carboxylic acids is 1. The summed E-state index contributed by atoms with van der Waals surface area (Å²) in [5.74, 6) is 0.727. The number of hydrogen-bond donors (Lipinski definition) is 3. The number of nitrogens with one attached hydrogen (secondary N) is 1. The lowest BCUT2D eigenvalue weighted by atomic mass is 10.0. The van der Waals surface area contributed by atoms with Crippen molar-refractivity contribution in [3.05, 3.63) is 54.1 Å². The van der Waals surface area contributed by atoms with Crippen LogP contribution in [0, 0.1) is 5.92 Å². The van der Waals surface area contributed by atoms with Gasteiger partial charge in [-0.1, -0.05) is 38.8 Å². The number of anilines is 2. The molecule has 1 amide bonds. The van der Waals surface area contributed by atoms with E-state index in [1.54, 1.807) is 16.7 Å². The van der Waals surface area contributed by atoms with E-state index in [0.717, 1.165) is 30.5 Å². The number of benzene rings is 2. The molecule has 2 aromatic heterocycles. The number of amides is 1. The average molecular weight is 431 g/mol. The molecule has 0 aliphatic rings. The molecule has 2 heterocycles. The lowest BCUT2D eigenvalue weighted by Crippen LogP contribution is -2.33. The SMILES string of the molecule is CC(C)CCCC(C)NC(=O)c1c(N)n(-c2ccc(N)cc2)c2nc3ccccc3nc12. The maximum atomic E-state index is 13.3. The standard InChI is InChI=1S/C25H30N6O/c1-15(2)7-6-8-16(3)28-25(32)21-22-24(30-20-10-5-4-9-19(20)29-22)31(23(21)27)18-13-11-17(26)12-14-18/h4-5,9-16H,6-8,26-27H2,1-3H3,(H,28,32). The number of aromatic nitrogens is 3. The van der Waals surface area contributed by atoms with Crippen LogP contribution in [-0.4, -0.2) is 26.5 Å². The summed E-state index contributed by atoms with van der Waals surface area (Å²) in [5.41, 5.74) is 16.7. The second-order valence-electron chi connectivity index (χ2n) is 8.77. The Morgan fingerprint density at radius 1 is 0.969 bits per heavy atom. The molecule has 2 aromatic carbocycles. The molecule has 0 saturated carbocycles. The number of rotatable bonds is 7. The molecular weight excluding hydrogens is 400 g/mol. The molecular formula is C25H30N6O. The number of carbonyl (C=O) groups is 1. The lowest BCUT2D eigenvalue weighted by molar-refractivity contribution is 0.0940. The van der Waals surface area contributed by atoms with E-state index in [1.165, 1.54) is 0 Å². The van der Waals surface area contributed by atoms with Gasteiger partial charge in [-0.2, -0.15) is 0 Å². The minimum Gasteiger partial charge on any atom is -0.399 e. The van der Waals surface area contributed by atoms with Crippen molar-refractivity contribution in [3.8, 4) is 5.69 Å². The highest BCUT2D eigenvalue weighted by Gasteiger charge is 2.25. The van der Waals surface area contributed by atoms with Crippen LogP contribution in [-0.2, 0) is 0 Å². The maximum absolute atomic E-state index is 13.3. The Morgan fingerprint density at radius 3 is 2.28 bits per heavy atom. The van der Waals surface area contributed by atoms with Crippen LogP contribution >= 0.6 is 0 Å². The molecule has 0 bridgehead atoms. The first kappa shape index (κ1) is 21.6. The van der Waals surface area contributed by atoms with Gasteiger partial charge in [0.05, 0.1) is 11.0 Å². The Hall–Kier alpha value is -3.61. The second-order valence-corrected chi connectivity index (χ2v) is 8.77. The van der Waals surface area contributed by atoms with Gasteiger partial charge in [0, 0.05) is 17.4 Å². The number of para-hydroxylation sites is 2. The molecule has 1 unspecified atom stereocenters. The summed E-state index contributed by atoms with van der Waals surface area (Å²) in [6.45, 7) is 6.44. The van der Waals surface area contributed by atoms with Crippen molar-refractivity contribution in [2.75, 3.05) is 11.5 Å². The first-order chi connectivity index (χ1) is 15.3. The summed E-state index contributed by atoms with van der Waals surface area (Å²) in [6.07, 6.45) is 3.11. The minimum absolute atomic E-state index is 0.0315. The molecule has 4 aromatic rings. The van der Waals surface area contributed by atoms with Crippen LogP contribution in [0.4, 0.5) is 11.5 Å². The van der Waals surface area contributed by atoms with E-state index in [1.807, 2.05) is 43.3 Å². The highest BCUT2D eigenvalue weighted by atomic mass is 16.1. The third kappa shape index (κ3) is 4.23. The van der Waals surface area contributed by atoms with Gasteiger partial charge in [0.2, 0.25) is 0 Å². The van der Waals surface area contributed by atoms with Gasteiger partial charge < -0.3 is 16.8 Å². The fourth-order valence-corrected chi connectivity index (χ4v) is 3.97. The van der Waals surface area contributed by atoms with Gasteiger partial charge in [-0.15, -0.1) is 0 Å². The molecule has 0 aliphatic heterocycles. The Kier molecular flexibility index (Phi) is 5.99. The van der Waals surface area contributed by atoms with Crippen molar-refractivity contribution >= 4 is 39.6 Å². The van der Waals surface area contributed by atoms with Crippen molar-refractivity contribution in [3.63, 3.8) is 0 Å². The normalized spacial score (nSPS) is 12.5. The van der Waals surface area contributed by atoms with E-state index >= 15 is 0 Å². The quantitative estimate of drug-likeness (QED) is 0.369. The van der Waals surface area contributed by atoms with Gasteiger partial charge in [-0.05, 0) is 55.7 Å². The number of hydrogen-bond acceptors (Lipinski definition) is 5. The van der Waals surface area contributed by atoms with Crippen LogP contribution in [0.5, 0.6) is 0 Å². The summed E-state index contributed by atoms with van der Waals surface area (Å²) >= 11 is 0. The smallest absolute Gasteiger partial charge is 0.257 e. The second kappa shape index (κ2) is 8.86. The first-order valence-corrected chi connectivity index (χ1v) is 11.1. The van der Waals surface area contributed by atoms with Gasteiger partial charge in [0.25, 0.3) is 5.91 Å². The van der Waals surface area contributed by atoms with Gasteiger partial charge in [0.15, 0.2) is 5.65 Å². The molecule has 0 saturated heterocycles. The number of fused-ring (bicyclic) bond motifs is 2. The molecule has 0 fully saturated rings. The number of nitrogen functional groups attached to an aromatic ring is 2. The Bertz CT molecular complexity index is 1260. The van der Waals surface area contributed by atoms with E-state index in [-0.39, 0.29) is 11.9 Å². The van der Waals surface area contributed by atoms with Crippen molar-refractivity contribution in [2.24, 2.45) is 5.92 Å². The van der Waals surface area contributed by atoms with E-state index in [4.69, 9.17) is 21.4 Å². The summed E-state index contributed by atoms with van der Waals surface area (Å²) in [5, 5.41) is 3.10. The molecule has 0 aliphatic carbocycles.